The molecular formula is C18H20ClNO2. The van der Waals surface area contributed by atoms with Crippen molar-refractivity contribution in [3.63, 3.8) is 0 Å². The maximum absolute atomic E-state index is 12.2. The largest absolute Gasteiger partial charge is 0.496 e. The lowest BCUT2D eigenvalue weighted by Crippen LogP contribution is -2.28. The molecule has 2 aromatic carbocycles. The van der Waals surface area contributed by atoms with E-state index >= 15 is 0 Å². The molecule has 0 aliphatic carbocycles. The van der Waals surface area contributed by atoms with E-state index in [1.165, 1.54) is 0 Å². The minimum atomic E-state index is -0.116. The molecule has 1 amide bonds. The van der Waals surface area contributed by atoms with Gasteiger partial charge in [-0.3, -0.25) is 4.79 Å². The lowest BCUT2D eigenvalue weighted by Gasteiger charge is -2.18. The first-order valence-electron chi connectivity index (χ1n) is 7.18. The highest BCUT2D eigenvalue weighted by molar-refractivity contribution is 6.30. The fraction of sp³-hybridized carbons (Fsp3) is 0.278. The van der Waals surface area contributed by atoms with Crippen LogP contribution in [0.3, 0.4) is 0 Å². The van der Waals surface area contributed by atoms with Crippen molar-refractivity contribution < 1.29 is 9.53 Å². The first-order chi connectivity index (χ1) is 10.5. The highest BCUT2D eigenvalue weighted by Gasteiger charge is 2.14. The molecule has 116 valence electrons. The second-order valence-corrected chi connectivity index (χ2v) is 5.77. The van der Waals surface area contributed by atoms with E-state index in [0.717, 1.165) is 22.4 Å². The Kier molecular flexibility index (Phi) is 5.45. The number of ether oxygens (including phenoxy) is 1. The third-order valence-corrected chi connectivity index (χ3v) is 3.76. The molecular weight excluding hydrogens is 298 g/mol. The molecule has 3 nitrogen and oxygen atoms in total. The summed E-state index contributed by atoms with van der Waals surface area (Å²) in [6, 6.07) is 13.1. The smallest absolute Gasteiger partial charge is 0.224 e. The van der Waals surface area contributed by atoms with Gasteiger partial charge in [0.05, 0.1) is 19.6 Å². The van der Waals surface area contributed by atoms with E-state index in [1.807, 2.05) is 44.2 Å². The predicted octanol–water partition coefficient (Wildman–Crippen LogP) is 4.08. The lowest BCUT2D eigenvalue weighted by molar-refractivity contribution is -0.121. The van der Waals surface area contributed by atoms with Gasteiger partial charge in [0.25, 0.3) is 0 Å². The van der Waals surface area contributed by atoms with E-state index in [-0.39, 0.29) is 11.9 Å². The average Bonchev–Trinajstić information content (AvgIpc) is 2.49. The summed E-state index contributed by atoms with van der Waals surface area (Å²) in [5, 5.41) is 3.68. The van der Waals surface area contributed by atoms with Crippen LogP contribution in [0.1, 0.15) is 29.7 Å². The second kappa shape index (κ2) is 7.32. The Balaban J connectivity index is 2.05. The second-order valence-electron chi connectivity index (χ2n) is 5.34. The van der Waals surface area contributed by atoms with Gasteiger partial charge in [-0.2, -0.15) is 0 Å². The number of methoxy groups -OCH3 is 1. The normalized spacial score (nSPS) is 11.8. The Hall–Kier alpha value is -2.00. The van der Waals surface area contributed by atoms with Crippen LogP contribution in [0.25, 0.3) is 0 Å². The molecule has 22 heavy (non-hydrogen) atoms. The Morgan fingerprint density at radius 3 is 2.55 bits per heavy atom. The monoisotopic (exact) mass is 317 g/mol. The number of rotatable bonds is 5. The molecule has 2 rings (SSSR count). The Morgan fingerprint density at radius 2 is 1.91 bits per heavy atom. The van der Waals surface area contributed by atoms with Gasteiger partial charge >= 0.3 is 0 Å². The highest BCUT2D eigenvalue weighted by Crippen LogP contribution is 2.26. The highest BCUT2D eigenvalue weighted by atomic mass is 35.5. The molecule has 0 aliphatic rings. The molecule has 0 saturated heterocycles. The molecule has 0 aromatic heterocycles. The summed E-state index contributed by atoms with van der Waals surface area (Å²) in [6.45, 7) is 3.97. The number of hydrogen-bond donors (Lipinski definition) is 1. The summed E-state index contributed by atoms with van der Waals surface area (Å²) in [7, 11) is 1.64. The van der Waals surface area contributed by atoms with Crippen molar-refractivity contribution in [2.45, 2.75) is 26.3 Å². The topological polar surface area (TPSA) is 38.3 Å². The number of amides is 1. The third kappa shape index (κ3) is 4.25. The molecule has 1 atom stereocenters. The number of hydrogen-bond acceptors (Lipinski definition) is 2. The molecule has 0 spiro atoms. The Morgan fingerprint density at radius 1 is 1.23 bits per heavy atom. The summed E-state index contributed by atoms with van der Waals surface area (Å²) in [5.74, 6) is 0.753. The van der Waals surface area contributed by atoms with E-state index < -0.39 is 0 Å². The summed E-state index contributed by atoms with van der Waals surface area (Å²) < 4.78 is 5.37. The molecule has 0 saturated carbocycles. The summed E-state index contributed by atoms with van der Waals surface area (Å²) >= 11 is 5.85. The van der Waals surface area contributed by atoms with E-state index in [9.17, 15) is 4.79 Å². The van der Waals surface area contributed by atoms with Gasteiger partial charge in [0.2, 0.25) is 5.91 Å². The van der Waals surface area contributed by atoms with Crippen LogP contribution in [-0.4, -0.2) is 13.0 Å². The number of benzene rings is 2. The number of carbonyl (C=O) groups excluding carboxylic acids is 1. The van der Waals surface area contributed by atoms with E-state index in [4.69, 9.17) is 16.3 Å². The van der Waals surface area contributed by atoms with Crippen LogP contribution in [0.5, 0.6) is 5.75 Å². The van der Waals surface area contributed by atoms with Crippen molar-refractivity contribution in [2.24, 2.45) is 0 Å². The summed E-state index contributed by atoms with van der Waals surface area (Å²) in [5.41, 5.74) is 3.05. The zero-order valence-electron chi connectivity index (χ0n) is 13.0. The van der Waals surface area contributed by atoms with E-state index in [1.54, 1.807) is 19.2 Å². The lowest BCUT2D eigenvalue weighted by atomic mass is 10.0. The maximum atomic E-state index is 12.2. The molecule has 0 bridgehead atoms. The van der Waals surface area contributed by atoms with Crippen molar-refractivity contribution in [3.8, 4) is 5.75 Å². The van der Waals surface area contributed by atoms with Crippen molar-refractivity contribution in [3.05, 3.63) is 64.2 Å². The van der Waals surface area contributed by atoms with Crippen molar-refractivity contribution in [2.75, 3.05) is 7.11 Å². The van der Waals surface area contributed by atoms with Gasteiger partial charge in [-0.1, -0.05) is 41.4 Å². The first kappa shape index (κ1) is 16.4. The standard InChI is InChI=1S/C18H20ClNO2/c1-12-4-9-17(22-3)16(10-12)13(2)20-18(21)11-14-5-7-15(19)8-6-14/h4-10,13H,11H2,1-3H3,(H,20,21). The van der Waals surface area contributed by atoms with Gasteiger partial charge in [0.15, 0.2) is 0 Å². The third-order valence-electron chi connectivity index (χ3n) is 3.51. The van der Waals surface area contributed by atoms with Crippen LogP contribution in [0.4, 0.5) is 0 Å². The fourth-order valence-corrected chi connectivity index (χ4v) is 2.48. The van der Waals surface area contributed by atoms with Crippen molar-refractivity contribution in [1.82, 2.24) is 5.32 Å². The molecule has 1 unspecified atom stereocenters. The van der Waals surface area contributed by atoms with Crippen LogP contribution in [-0.2, 0) is 11.2 Å². The van der Waals surface area contributed by atoms with Crippen LogP contribution in [0, 0.1) is 6.92 Å². The molecule has 4 heteroatoms. The fourth-order valence-electron chi connectivity index (χ4n) is 2.35. The average molecular weight is 318 g/mol. The maximum Gasteiger partial charge on any atom is 0.224 e. The van der Waals surface area contributed by atoms with Crippen molar-refractivity contribution in [1.29, 1.82) is 0 Å². The van der Waals surface area contributed by atoms with Gasteiger partial charge in [0, 0.05) is 10.6 Å². The van der Waals surface area contributed by atoms with Gasteiger partial charge in [-0.15, -0.1) is 0 Å². The van der Waals surface area contributed by atoms with Gasteiger partial charge < -0.3 is 10.1 Å². The van der Waals surface area contributed by atoms with Gasteiger partial charge in [-0.25, -0.2) is 0 Å². The predicted molar refractivity (Wildman–Crippen MR) is 89.4 cm³/mol. The summed E-state index contributed by atoms with van der Waals surface area (Å²) in [6.07, 6.45) is 0.329. The molecule has 1 N–H and O–H groups in total. The van der Waals surface area contributed by atoms with Gasteiger partial charge in [0.1, 0.15) is 5.75 Å². The van der Waals surface area contributed by atoms with Crippen LogP contribution < -0.4 is 10.1 Å². The van der Waals surface area contributed by atoms with E-state index in [0.29, 0.717) is 11.4 Å². The van der Waals surface area contributed by atoms with Crippen LogP contribution in [0.2, 0.25) is 5.02 Å². The van der Waals surface area contributed by atoms with Crippen LogP contribution in [0.15, 0.2) is 42.5 Å². The molecule has 2 aromatic rings. The number of aryl methyl sites for hydroxylation is 1. The van der Waals surface area contributed by atoms with E-state index in [2.05, 4.69) is 5.32 Å². The quantitative estimate of drug-likeness (QED) is 0.902. The zero-order chi connectivity index (χ0) is 16.1. The zero-order valence-corrected chi connectivity index (χ0v) is 13.8. The number of carbonyl (C=O) groups is 1. The molecule has 0 radical (unpaired) electrons. The van der Waals surface area contributed by atoms with Crippen LogP contribution >= 0.6 is 11.6 Å². The summed E-state index contributed by atoms with van der Waals surface area (Å²) in [4.78, 5) is 12.2. The molecule has 0 heterocycles. The number of halogens is 1. The first-order valence-corrected chi connectivity index (χ1v) is 7.55. The number of nitrogens with one attached hydrogen (secondary N) is 1. The minimum Gasteiger partial charge on any atom is -0.496 e. The van der Waals surface area contributed by atoms with Crippen molar-refractivity contribution >= 4 is 17.5 Å². The minimum absolute atomic E-state index is 0.0293. The molecule has 0 aliphatic heterocycles. The SMILES string of the molecule is COc1ccc(C)cc1C(C)NC(=O)Cc1ccc(Cl)cc1. The molecule has 0 fully saturated rings. The van der Waals surface area contributed by atoms with Gasteiger partial charge in [-0.05, 0) is 37.6 Å². The Labute approximate surface area is 136 Å². The Bertz CT molecular complexity index is 653.